The van der Waals surface area contributed by atoms with Crippen LogP contribution in [0, 0.1) is 0 Å². The number of H-pyrrole nitrogens is 1. The molecule has 0 fully saturated rings. The predicted molar refractivity (Wildman–Crippen MR) is 79.1 cm³/mol. The quantitative estimate of drug-likeness (QED) is 0.588. The molecule has 20 heavy (non-hydrogen) atoms. The lowest BCUT2D eigenvalue weighted by Gasteiger charge is -1.98. The van der Waals surface area contributed by atoms with Gasteiger partial charge < -0.3 is 0 Å². The maximum atomic E-state index is 11.4. The van der Waals surface area contributed by atoms with Crippen LogP contribution in [0.5, 0.6) is 0 Å². The molecule has 0 aliphatic carbocycles. The summed E-state index contributed by atoms with van der Waals surface area (Å²) in [6.07, 6.45) is 7.08. The van der Waals surface area contributed by atoms with Crippen LogP contribution in [0.1, 0.15) is 4.88 Å². The fraction of sp³-hybridized carbons (Fsp3) is 0.167. The van der Waals surface area contributed by atoms with Crippen LogP contribution in [0.3, 0.4) is 0 Å². The molecule has 0 radical (unpaired) electrons. The first-order valence-corrected chi connectivity index (χ1v) is 7.85. The van der Waals surface area contributed by atoms with Crippen molar-refractivity contribution >= 4 is 23.1 Å². The Morgan fingerprint density at radius 2 is 2.15 bits per heavy atom. The summed E-state index contributed by atoms with van der Waals surface area (Å²) in [7, 11) is 0. The smallest absolute Gasteiger partial charge is 0.276 e. The molecule has 1 N–H and O–H groups in total. The topological polar surface area (TPSA) is 76.5 Å². The molecule has 0 amide bonds. The second kappa shape index (κ2) is 5.59. The lowest BCUT2D eigenvalue weighted by molar-refractivity contribution is 0.772. The van der Waals surface area contributed by atoms with E-state index in [1.807, 2.05) is 30.8 Å². The van der Waals surface area contributed by atoms with E-state index in [4.69, 9.17) is 0 Å². The third-order valence-electron chi connectivity index (χ3n) is 2.70. The van der Waals surface area contributed by atoms with Crippen molar-refractivity contribution in [3.63, 3.8) is 0 Å². The second-order valence-electron chi connectivity index (χ2n) is 4.01. The van der Waals surface area contributed by atoms with Gasteiger partial charge in [0, 0.05) is 27.7 Å². The van der Waals surface area contributed by atoms with E-state index < -0.39 is 0 Å². The molecular formula is C12H11N5OS2. The fourth-order valence-electron chi connectivity index (χ4n) is 1.72. The lowest BCUT2D eigenvalue weighted by atomic mass is 10.3. The Hall–Kier alpha value is -1.93. The van der Waals surface area contributed by atoms with Gasteiger partial charge in [-0.1, -0.05) is 11.8 Å². The molecule has 0 aliphatic heterocycles. The monoisotopic (exact) mass is 305 g/mol. The zero-order valence-electron chi connectivity index (χ0n) is 10.6. The second-order valence-corrected chi connectivity index (χ2v) is 5.96. The Kier molecular flexibility index (Phi) is 3.66. The van der Waals surface area contributed by atoms with E-state index in [0.717, 1.165) is 20.5 Å². The molecule has 0 atom stereocenters. The van der Waals surface area contributed by atoms with Gasteiger partial charge in [-0.05, 0) is 18.4 Å². The standard InChI is InChI=1S/C12H11N5OS2/c1-19-11-13-4-8(5-14-11)10-3-2-9(20-10)6-17-7-15-16-12(17)18/h2-5,7H,6H2,1H3,(H,16,18). The van der Waals surface area contributed by atoms with Gasteiger partial charge in [0.15, 0.2) is 5.16 Å². The zero-order valence-corrected chi connectivity index (χ0v) is 12.2. The van der Waals surface area contributed by atoms with Gasteiger partial charge >= 0.3 is 5.69 Å². The molecule has 0 aromatic carbocycles. The van der Waals surface area contributed by atoms with Gasteiger partial charge in [-0.25, -0.2) is 19.9 Å². The van der Waals surface area contributed by atoms with Gasteiger partial charge in [0.2, 0.25) is 0 Å². The number of nitrogens with one attached hydrogen (secondary N) is 1. The highest BCUT2D eigenvalue weighted by Crippen LogP contribution is 2.27. The molecular weight excluding hydrogens is 294 g/mol. The van der Waals surface area contributed by atoms with Crippen LogP contribution in [0.2, 0.25) is 0 Å². The SMILES string of the molecule is CSc1ncc(-c2ccc(Cn3cn[nH]c3=O)s2)cn1. The molecule has 3 rings (SSSR count). The fourth-order valence-corrected chi connectivity index (χ4v) is 3.02. The van der Waals surface area contributed by atoms with Crippen molar-refractivity contribution in [3.05, 3.63) is 46.2 Å². The first-order valence-electron chi connectivity index (χ1n) is 5.81. The van der Waals surface area contributed by atoms with E-state index in [1.54, 1.807) is 11.3 Å². The number of thiophene rings is 1. The third-order valence-corrected chi connectivity index (χ3v) is 4.40. The Morgan fingerprint density at radius 1 is 1.35 bits per heavy atom. The van der Waals surface area contributed by atoms with Crippen molar-refractivity contribution in [2.75, 3.05) is 6.26 Å². The van der Waals surface area contributed by atoms with E-state index in [1.165, 1.54) is 22.7 Å². The zero-order chi connectivity index (χ0) is 13.9. The lowest BCUT2D eigenvalue weighted by Crippen LogP contribution is -2.16. The molecule has 102 valence electrons. The number of aromatic amines is 1. The van der Waals surface area contributed by atoms with E-state index in [-0.39, 0.29) is 5.69 Å². The summed E-state index contributed by atoms with van der Waals surface area (Å²) < 4.78 is 1.53. The number of rotatable bonds is 4. The first kappa shape index (κ1) is 13.1. The summed E-state index contributed by atoms with van der Waals surface area (Å²) >= 11 is 3.13. The van der Waals surface area contributed by atoms with Crippen LogP contribution in [0.15, 0.2) is 40.8 Å². The van der Waals surface area contributed by atoms with Crippen LogP contribution in [0.4, 0.5) is 0 Å². The minimum Gasteiger partial charge on any atom is -0.276 e. The summed E-state index contributed by atoms with van der Waals surface area (Å²) in [4.78, 5) is 22.1. The van der Waals surface area contributed by atoms with E-state index in [2.05, 4.69) is 20.2 Å². The largest absolute Gasteiger partial charge is 0.343 e. The molecule has 8 heteroatoms. The molecule has 0 aliphatic rings. The van der Waals surface area contributed by atoms with Crippen molar-refractivity contribution < 1.29 is 0 Å². The Balaban J connectivity index is 1.82. The Morgan fingerprint density at radius 3 is 2.80 bits per heavy atom. The van der Waals surface area contributed by atoms with Crippen molar-refractivity contribution in [2.24, 2.45) is 0 Å². The van der Waals surface area contributed by atoms with Crippen molar-refractivity contribution in [1.82, 2.24) is 24.7 Å². The molecule has 3 heterocycles. The average molecular weight is 305 g/mol. The number of hydrogen-bond acceptors (Lipinski definition) is 6. The summed E-state index contributed by atoms with van der Waals surface area (Å²) in [6.45, 7) is 0.518. The normalized spacial score (nSPS) is 10.8. The highest BCUT2D eigenvalue weighted by molar-refractivity contribution is 7.98. The maximum absolute atomic E-state index is 11.4. The van der Waals surface area contributed by atoms with Gasteiger partial charge in [-0.3, -0.25) is 4.57 Å². The summed E-state index contributed by atoms with van der Waals surface area (Å²) in [6, 6.07) is 4.02. The predicted octanol–water partition coefficient (Wildman–Crippen LogP) is 1.86. The van der Waals surface area contributed by atoms with Crippen LogP contribution in [-0.2, 0) is 6.54 Å². The molecule has 0 spiro atoms. The van der Waals surface area contributed by atoms with Crippen LogP contribution in [0.25, 0.3) is 10.4 Å². The molecule has 3 aromatic rings. The number of aromatic nitrogens is 5. The molecule has 6 nitrogen and oxygen atoms in total. The van der Waals surface area contributed by atoms with Gasteiger partial charge in [-0.15, -0.1) is 11.3 Å². The van der Waals surface area contributed by atoms with Crippen LogP contribution < -0.4 is 5.69 Å². The summed E-state index contributed by atoms with van der Waals surface area (Å²) in [5, 5.41) is 6.85. The third kappa shape index (κ3) is 2.66. The Bertz CT molecular complexity index is 759. The van der Waals surface area contributed by atoms with Crippen molar-refractivity contribution in [1.29, 1.82) is 0 Å². The van der Waals surface area contributed by atoms with E-state index in [0.29, 0.717) is 6.54 Å². The molecule has 0 saturated heterocycles. The average Bonchev–Trinajstić information content (AvgIpc) is 3.10. The summed E-state index contributed by atoms with van der Waals surface area (Å²) in [5.41, 5.74) is 0.784. The van der Waals surface area contributed by atoms with E-state index in [9.17, 15) is 4.79 Å². The minimum absolute atomic E-state index is 0.201. The Labute approximate surface area is 122 Å². The maximum Gasteiger partial charge on any atom is 0.343 e. The molecule has 0 saturated carbocycles. The highest BCUT2D eigenvalue weighted by Gasteiger charge is 2.06. The van der Waals surface area contributed by atoms with Crippen LogP contribution >= 0.6 is 23.1 Å². The molecule has 0 unspecified atom stereocenters. The van der Waals surface area contributed by atoms with Gasteiger partial charge in [0.05, 0.1) is 6.54 Å². The van der Waals surface area contributed by atoms with Gasteiger partial charge in [-0.2, -0.15) is 5.10 Å². The molecule has 3 aromatic heterocycles. The van der Waals surface area contributed by atoms with Crippen molar-refractivity contribution in [3.8, 4) is 10.4 Å². The number of hydrogen-bond donors (Lipinski definition) is 1. The summed E-state index contributed by atoms with van der Waals surface area (Å²) in [5.74, 6) is 0. The highest BCUT2D eigenvalue weighted by atomic mass is 32.2. The number of nitrogens with zero attached hydrogens (tertiary/aromatic N) is 4. The van der Waals surface area contributed by atoms with Crippen LogP contribution in [-0.4, -0.2) is 31.0 Å². The van der Waals surface area contributed by atoms with Crippen molar-refractivity contribution in [2.45, 2.75) is 11.7 Å². The first-order chi connectivity index (χ1) is 9.76. The number of thioether (sulfide) groups is 1. The minimum atomic E-state index is -0.201. The van der Waals surface area contributed by atoms with Gasteiger partial charge in [0.1, 0.15) is 6.33 Å². The van der Waals surface area contributed by atoms with Gasteiger partial charge in [0.25, 0.3) is 0 Å². The molecule has 0 bridgehead atoms. The van der Waals surface area contributed by atoms with E-state index >= 15 is 0 Å².